The summed E-state index contributed by atoms with van der Waals surface area (Å²) in [5.41, 5.74) is 2.31. The van der Waals surface area contributed by atoms with E-state index in [0.29, 0.717) is 30.3 Å². The molecule has 152 valence electrons. The predicted molar refractivity (Wildman–Crippen MR) is 111 cm³/mol. The summed E-state index contributed by atoms with van der Waals surface area (Å²) in [7, 11) is 0. The van der Waals surface area contributed by atoms with E-state index >= 15 is 0 Å². The van der Waals surface area contributed by atoms with Gasteiger partial charge in [-0.25, -0.2) is 0 Å². The minimum absolute atomic E-state index is 0.000527. The Kier molecular flexibility index (Phi) is 5.51. The normalized spacial score (nSPS) is 21.5. The number of ether oxygens (including phenoxy) is 1. The van der Waals surface area contributed by atoms with Crippen LogP contribution >= 0.6 is 0 Å². The van der Waals surface area contributed by atoms with Gasteiger partial charge in [0.25, 0.3) is 5.91 Å². The maximum absolute atomic E-state index is 12.9. The van der Waals surface area contributed by atoms with Crippen molar-refractivity contribution in [1.29, 1.82) is 0 Å². The number of rotatable bonds is 5. The molecule has 29 heavy (non-hydrogen) atoms. The van der Waals surface area contributed by atoms with Gasteiger partial charge in [0, 0.05) is 61.1 Å². The van der Waals surface area contributed by atoms with Crippen LogP contribution in [0.5, 0.6) is 5.75 Å². The monoisotopic (exact) mass is 393 g/mol. The number of nitrogens with zero attached hydrogens (tertiary/aromatic N) is 2. The van der Waals surface area contributed by atoms with Gasteiger partial charge in [-0.15, -0.1) is 0 Å². The van der Waals surface area contributed by atoms with Gasteiger partial charge in [-0.2, -0.15) is 0 Å². The minimum atomic E-state index is -0.000527. The van der Waals surface area contributed by atoms with Crippen molar-refractivity contribution in [1.82, 2.24) is 9.88 Å². The summed E-state index contributed by atoms with van der Waals surface area (Å²) < 4.78 is 6.09. The number of pyridine rings is 1. The molecule has 0 radical (unpaired) electrons. The third kappa shape index (κ3) is 4.58. The van der Waals surface area contributed by atoms with Gasteiger partial charge >= 0.3 is 0 Å². The topological polar surface area (TPSA) is 71.5 Å². The zero-order chi connectivity index (χ0) is 20.4. The molecule has 1 aromatic heterocycles. The molecule has 6 nitrogen and oxygen atoms in total. The van der Waals surface area contributed by atoms with Gasteiger partial charge in [0.15, 0.2) is 0 Å². The van der Waals surface area contributed by atoms with Crippen LogP contribution < -0.4 is 10.1 Å². The highest BCUT2D eigenvalue weighted by atomic mass is 16.5. The summed E-state index contributed by atoms with van der Waals surface area (Å²) in [5.74, 6) is 1.47. The first kappa shape index (κ1) is 19.4. The Hall–Kier alpha value is -2.89. The molecule has 1 N–H and O–H groups in total. The molecular weight excluding hydrogens is 366 g/mol. The Morgan fingerprint density at radius 2 is 1.97 bits per heavy atom. The first-order valence-electron chi connectivity index (χ1n) is 10.3. The van der Waals surface area contributed by atoms with Gasteiger partial charge in [0.05, 0.1) is 0 Å². The van der Waals surface area contributed by atoms with Gasteiger partial charge in [-0.3, -0.25) is 14.6 Å². The van der Waals surface area contributed by atoms with E-state index in [4.69, 9.17) is 4.74 Å². The van der Waals surface area contributed by atoms with Crippen LogP contribution in [0.15, 0.2) is 42.7 Å². The standard InChI is InChI=1S/C23H27N3O3/c1-15-12-20(15)22(27)25-18-5-3-4-17(13-18)23(28)26-10-7-19(8-11-26)29-21-6-9-24-14-16(21)2/h3-6,9,13-15,19-20H,7-8,10-12H2,1-2H3,(H,25,27). The molecule has 1 aliphatic heterocycles. The summed E-state index contributed by atoms with van der Waals surface area (Å²) in [6, 6.07) is 9.12. The first-order chi connectivity index (χ1) is 14.0. The van der Waals surface area contributed by atoms with E-state index in [1.165, 1.54) is 0 Å². The third-order valence-corrected chi connectivity index (χ3v) is 5.81. The van der Waals surface area contributed by atoms with Crippen LogP contribution in [0.25, 0.3) is 0 Å². The van der Waals surface area contributed by atoms with E-state index < -0.39 is 0 Å². The Bertz CT molecular complexity index is 906. The fourth-order valence-corrected chi connectivity index (χ4v) is 3.78. The lowest BCUT2D eigenvalue weighted by atomic mass is 10.1. The van der Waals surface area contributed by atoms with E-state index in [9.17, 15) is 9.59 Å². The zero-order valence-electron chi connectivity index (χ0n) is 16.9. The molecule has 2 aromatic rings. The quantitative estimate of drug-likeness (QED) is 0.841. The highest BCUT2D eigenvalue weighted by molar-refractivity contribution is 5.98. The van der Waals surface area contributed by atoms with Crippen LogP contribution in [0.3, 0.4) is 0 Å². The Morgan fingerprint density at radius 1 is 1.21 bits per heavy atom. The maximum atomic E-state index is 12.9. The average molecular weight is 393 g/mol. The van der Waals surface area contributed by atoms with Crippen molar-refractivity contribution in [2.24, 2.45) is 11.8 Å². The highest BCUT2D eigenvalue weighted by Gasteiger charge is 2.39. The summed E-state index contributed by atoms with van der Waals surface area (Å²) in [6.07, 6.45) is 6.17. The number of amides is 2. The third-order valence-electron chi connectivity index (χ3n) is 5.81. The Balaban J connectivity index is 1.33. The van der Waals surface area contributed by atoms with Crippen LogP contribution in [0.2, 0.25) is 0 Å². The Labute approximate surface area is 171 Å². The lowest BCUT2D eigenvalue weighted by Gasteiger charge is -2.32. The zero-order valence-corrected chi connectivity index (χ0v) is 16.9. The highest BCUT2D eigenvalue weighted by Crippen LogP contribution is 2.38. The number of carbonyl (C=O) groups is 2. The number of likely N-dealkylation sites (tertiary alicyclic amines) is 1. The second-order valence-corrected chi connectivity index (χ2v) is 8.14. The number of nitrogens with one attached hydrogen (secondary N) is 1. The van der Waals surface area contributed by atoms with E-state index in [1.54, 1.807) is 24.5 Å². The van der Waals surface area contributed by atoms with Gasteiger partial charge in [0.2, 0.25) is 5.91 Å². The summed E-state index contributed by atoms with van der Waals surface area (Å²) >= 11 is 0. The van der Waals surface area contributed by atoms with E-state index in [1.807, 2.05) is 30.0 Å². The molecule has 0 spiro atoms. The molecule has 2 heterocycles. The van der Waals surface area contributed by atoms with Gasteiger partial charge in [-0.1, -0.05) is 13.0 Å². The van der Waals surface area contributed by atoms with E-state index in [-0.39, 0.29) is 23.8 Å². The summed E-state index contributed by atoms with van der Waals surface area (Å²) in [6.45, 7) is 5.37. The number of hydrogen-bond donors (Lipinski definition) is 1. The van der Waals surface area contributed by atoms with Crippen molar-refractivity contribution in [3.05, 3.63) is 53.9 Å². The molecule has 1 aliphatic carbocycles. The maximum Gasteiger partial charge on any atom is 0.253 e. The summed E-state index contributed by atoms with van der Waals surface area (Å²) in [4.78, 5) is 31.0. The van der Waals surface area contributed by atoms with Crippen molar-refractivity contribution in [2.45, 2.75) is 39.2 Å². The van der Waals surface area contributed by atoms with Gasteiger partial charge in [0.1, 0.15) is 11.9 Å². The molecule has 2 amide bonds. The molecule has 1 saturated carbocycles. The molecule has 0 bridgehead atoms. The smallest absolute Gasteiger partial charge is 0.253 e. The van der Waals surface area contributed by atoms with E-state index in [2.05, 4.69) is 17.2 Å². The molecule has 2 fully saturated rings. The van der Waals surface area contributed by atoms with Crippen molar-refractivity contribution >= 4 is 17.5 Å². The number of aromatic nitrogens is 1. The Morgan fingerprint density at radius 3 is 2.66 bits per heavy atom. The van der Waals surface area contributed by atoms with Crippen molar-refractivity contribution in [2.75, 3.05) is 18.4 Å². The molecule has 1 aromatic carbocycles. The predicted octanol–water partition coefficient (Wildman–Crippen LogP) is 3.67. The number of hydrogen-bond acceptors (Lipinski definition) is 4. The molecular formula is C23H27N3O3. The van der Waals surface area contributed by atoms with Gasteiger partial charge in [-0.05, 0) is 43.5 Å². The summed E-state index contributed by atoms with van der Waals surface area (Å²) in [5, 5.41) is 2.94. The van der Waals surface area contributed by atoms with E-state index in [0.717, 1.165) is 30.6 Å². The van der Waals surface area contributed by atoms with Crippen LogP contribution in [-0.2, 0) is 4.79 Å². The average Bonchev–Trinajstić information content (AvgIpc) is 3.47. The second-order valence-electron chi connectivity index (χ2n) is 8.14. The fourth-order valence-electron chi connectivity index (χ4n) is 3.78. The largest absolute Gasteiger partial charge is 0.490 e. The number of carbonyl (C=O) groups excluding carboxylic acids is 2. The van der Waals surface area contributed by atoms with Crippen LogP contribution in [-0.4, -0.2) is 40.9 Å². The van der Waals surface area contributed by atoms with Crippen molar-refractivity contribution in [3.8, 4) is 5.75 Å². The molecule has 2 unspecified atom stereocenters. The van der Waals surface area contributed by atoms with Crippen LogP contribution in [0.4, 0.5) is 5.69 Å². The number of aryl methyl sites for hydroxylation is 1. The lowest BCUT2D eigenvalue weighted by molar-refractivity contribution is -0.117. The van der Waals surface area contributed by atoms with Crippen LogP contribution in [0, 0.1) is 18.8 Å². The molecule has 1 saturated heterocycles. The first-order valence-corrected chi connectivity index (χ1v) is 10.3. The number of anilines is 1. The molecule has 4 rings (SSSR count). The van der Waals surface area contributed by atoms with Gasteiger partial charge < -0.3 is 15.0 Å². The minimum Gasteiger partial charge on any atom is -0.490 e. The second kappa shape index (κ2) is 8.23. The van der Waals surface area contributed by atoms with Crippen molar-refractivity contribution < 1.29 is 14.3 Å². The molecule has 6 heteroatoms. The lowest BCUT2D eigenvalue weighted by Crippen LogP contribution is -2.41. The number of benzene rings is 1. The number of piperidine rings is 1. The van der Waals surface area contributed by atoms with Crippen LogP contribution in [0.1, 0.15) is 42.1 Å². The van der Waals surface area contributed by atoms with Crippen molar-refractivity contribution in [3.63, 3.8) is 0 Å². The fraction of sp³-hybridized carbons (Fsp3) is 0.435. The SMILES string of the molecule is Cc1cnccc1OC1CCN(C(=O)c2cccc(NC(=O)C3CC3C)c2)CC1. The molecule has 2 atom stereocenters. The molecule has 2 aliphatic rings.